The molecule has 27 heavy (non-hydrogen) atoms. The smallest absolute Gasteiger partial charge is 0.145 e. The minimum absolute atomic E-state index is 0. The molecule has 0 N–H and O–H groups in total. The van der Waals surface area contributed by atoms with Gasteiger partial charge in [0.2, 0.25) is 0 Å². The average molecular weight is 405 g/mol. The number of rotatable bonds is 17. The minimum atomic E-state index is 0. The quantitative estimate of drug-likeness (QED) is 0.268. The first kappa shape index (κ1) is 45.3. The zero-order chi connectivity index (χ0) is 15.6. The molecule has 0 unspecified atom stereocenters. The maximum absolute atomic E-state index is 10.1. The Morgan fingerprint density at radius 1 is 0.593 bits per heavy atom. The lowest BCUT2D eigenvalue weighted by Crippen LogP contribution is -2.24. The molecule has 0 aromatic heterocycles. The third-order valence-electron chi connectivity index (χ3n) is 2.48. The van der Waals surface area contributed by atoms with Gasteiger partial charge in [-0.25, -0.2) is 0 Å². The van der Waals surface area contributed by atoms with Gasteiger partial charge in [0.25, 0.3) is 0 Å². The van der Waals surface area contributed by atoms with Crippen LogP contribution in [0.4, 0.5) is 0 Å². The van der Waals surface area contributed by atoms with Crippen molar-refractivity contribution in [3.05, 3.63) is 0 Å². The molecule has 0 saturated carbocycles. The van der Waals surface area contributed by atoms with Crippen LogP contribution in [0.3, 0.4) is 0 Å². The number of methoxy groups -OCH3 is 2. The summed E-state index contributed by atoms with van der Waals surface area (Å²) in [4.78, 5) is 10.1. The lowest BCUT2D eigenvalue weighted by molar-refractivity contribution is -0.112. The highest BCUT2D eigenvalue weighted by atomic mass is 16.5. The van der Waals surface area contributed by atoms with Gasteiger partial charge in [-0.05, 0) is 0 Å². The molecule has 0 amide bonds. The van der Waals surface area contributed by atoms with Crippen LogP contribution in [-0.4, -0.2) is 86.6 Å². The molecule has 0 spiro atoms. The van der Waals surface area contributed by atoms with Gasteiger partial charge < -0.3 is 33.2 Å². The van der Waals surface area contributed by atoms with E-state index in [2.05, 4.69) is 0 Å². The van der Waals surface area contributed by atoms with Crippen LogP contribution in [0, 0.1) is 5.92 Å². The Bertz CT molecular complexity index is 205. The summed E-state index contributed by atoms with van der Waals surface area (Å²) in [6, 6.07) is 0. The van der Waals surface area contributed by atoms with Crippen molar-refractivity contribution in [2.24, 2.45) is 5.92 Å². The number of carbonyl (C=O) groups is 1. The predicted molar refractivity (Wildman–Crippen MR) is 117 cm³/mol. The van der Waals surface area contributed by atoms with E-state index in [-0.39, 0.29) is 57.1 Å². The first-order valence-electron chi connectivity index (χ1n) is 7.07. The Labute approximate surface area is 171 Å². The van der Waals surface area contributed by atoms with Crippen molar-refractivity contribution < 1.29 is 33.2 Å². The fraction of sp³-hybridized carbons (Fsp3) is 0.950. The predicted octanol–water partition coefficient (Wildman–Crippen LogP) is 3.98. The lowest BCUT2D eigenvalue weighted by Gasteiger charge is -2.17. The van der Waals surface area contributed by atoms with Gasteiger partial charge in [-0.3, -0.25) is 0 Å². The monoisotopic (exact) mass is 404 g/mol. The average Bonchev–Trinajstić information content (AvgIpc) is 2.50. The van der Waals surface area contributed by atoms with Crippen LogP contribution in [0.25, 0.3) is 0 Å². The van der Waals surface area contributed by atoms with Gasteiger partial charge >= 0.3 is 0 Å². The highest BCUT2D eigenvalue weighted by Crippen LogP contribution is 2.01. The van der Waals surface area contributed by atoms with Crippen LogP contribution in [0.1, 0.15) is 44.6 Å². The number of aldehydes is 1. The second-order valence-corrected chi connectivity index (χ2v) is 4.32. The molecule has 0 aliphatic rings. The fourth-order valence-electron chi connectivity index (χ4n) is 1.43. The summed E-state index contributed by atoms with van der Waals surface area (Å²) in [5.41, 5.74) is 0. The molecular formula is C20H52O7. The molecule has 0 rings (SSSR count). The maximum atomic E-state index is 10.1. The van der Waals surface area contributed by atoms with E-state index < -0.39 is 0 Å². The van der Waals surface area contributed by atoms with E-state index in [1.807, 2.05) is 0 Å². The number of hydrogen-bond acceptors (Lipinski definition) is 7. The Balaban J connectivity index is -0.000000133. The topological polar surface area (TPSA) is 72.5 Å². The van der Waals surface area contributed by atoms with Gasteiger partial charge in [0.05, 0.1) is 59.5 Å². The molecule has 0 aromatic rings. The van der Waals surface area contributed by atoms with Crippen molar-refractivity contribution in [2.75, 3.05) is 80.3 Å². The Hall–Kier alpha value is -0.570. The SMILES string of the molecule is C.C.C.C.C.C.COCCOCC(COCCOC)COCCOCC=O. The van der Waals surface area contributed by atoms with Crippen LogP contribution in [0.15, 0.2) is 0 Å². The third-order valence-corrected chi connectivity index (χ3v) is 2.48. The largest absolute Gasteiger partial charge is 0.382 e. The Morgan fingerprint density at radius 3 is 1.26 bits per heavy atom. The molecule has 7 heteroatoms. The minimum Gasteiger partial charge on any atom is -0.382 e. The molecule has 0 atom stereocenters. The van der Waals surface area contributed by atoms with Gasteiger partial charge in [-0.1, -0.05) is 44.6 Å². The normalized spacial score (nSPS) is 8.70. The van der Waals surface area contributed by atoms with Crippen molar-refractivity contribution in [3.63, 3.8) is 0 Å². The van der Waals surface area contributed by atoms with Gasteiger partial charge in [-0.2, -0.15) is 0 Å². The second kappa shape index (κ2) is 40.2. The van der Waals surface area contributed by atoms with Crippen LogP contribution in [0.5, 0.6) is 0 Å². The summed E-state index contributed by atoms with van der Waals surface area (Å²) in [5.74, 6) is 0.143. The molecule has 0 saturated heterocycles. The summed E-state index contributed by atoms with van der Waals surface area (Å²) in [6.07, 6.45) is 0.718. The zero-order valence-corrected chi connectivity index (χ0v) is 13.1. The second-order valence-electron chi connectivity index (χ2n) is 4.32. The van der Waals surface area contributed by atoms with Crippen molar-refractivity contribution >= 4 is 6.29 Å². The van der Waals surface area contributed by atoms with E-state index in [1.54, 1.807) is 14.2 Å². The van der Waals surface area contributed by atoms with E-state index in [0.29, 0.717) is 59.5 Å². The van der Waals surface area contributed by atoms with Crippen molar-refractivity contribution in [1.29, 1.82) is 0 Å². The summed E-state index contributed by atoms with van der Waals surface area (Å²) >= 11 is 0. The standard InChI is InChI=1S/C14H28O7.6CH4/c1-16-5-7-19-11-14(12-20-8-6-17-2)13-21-10-9-18-4-3-15;;;;;;/h3,14H,4-13H2,1-2H3;6*1H4. The molecule has 0 bridgehead atoms. The van der Waals surface area contributed by atoms with Gasteiger partial charge in [-0.15, -0.1) is 0 Å². The van der Waals surface area contributed by atoms with E-state index in [9.17, 15) is 4.79 Å². The lowest BCUT2D eigenvalue weighted by atomic mass is 10.2. The van der Waals surface area contributed by atoms with Crippen molar-refractivity contribution in [3.8, 4) is 0 Å². The molecular weight excluding hydrogens is 352 g/mol. The number of hydrogen-bond donors (Lipinski definition) is 0. The summed E-state index contributed by atoms with van der Waals surface area (Å²) < 4.78 is 31.3. The van der Waals surface area contributed by atoms with Crippen LogP contribution >= 0.6 is 0 Å². The Morgan fingerprint density at radius 2 is 0.926 bits per heavy atom. The summed E-state index contributed by atoms with van der Waals surface area (Å²) in [6.45, 7) is 4.80. The highest BCUT2D eigenvalue weighted by Gasteiger charge is 2.10. The molecule has 0 aromatic carbocycles. The molecule has 0 fully saturated rings. The highest BCUT2D eigenvalue weighted by molar-refractivity contribution is 5.50. The van der Waals surface area contributed by atoms with Crippen LogP contribution < -0.4 is 0 Å². The molecule has 0 aliphatic carbocycles. The van der Waals surface area contributed by atoms with Gasteiger partial charge in [0.1, 0.15) is 12.9 Å². The third kappa shape index (κ3) is 37.0. The van der Waals surface area contributed by atoms with Crippen LogP contribution in [0.2, 0.25) is 0 Å². The molecule has 7 nitrogen and oxygen atoms in total. The Kier molecular flexibility index (Phi) is 67.4. The molecule has 0 heterocycles. The maximum Gasteiger partial charge on any atom is 0.145 e. The summed E-state index contributed by atoms with van der Waals surface area (Å²) in [7, 11) is 3.27. The molecule has 174 valence electrons. The van der Waals surface area contributed by atoms with E-state index >= 15 is 0 Å². The fourth-order valence-corrected chi connectivity index (χ4v) is 1.43. The van der Waals surface area contributed by atoms with E-state index in [4.69, 9.17) is 28.4 Å². The van der Waals surface area contributed by atoms with E-state index in [0.717, 1.165) is 6.29 Å². The first-order valence-corrected chi connectivity index (χ1v) is 7.07. The van der Waals surface area contributed by atoms with E-state index in [1.165, 1.54) is 0 Å². The van der Waals surface area contributed by atoms with Crippen molar-refractivity contribution in [2.45, 2.75) is 44.6 Å². The van der Waals surface area contributed by atoms with Crippen molar-refractivity contribution in [1.82, 2.24) is 0 Å². The van der Waals surface area contributed by atoms with Crippen LogP contribution in [-0.2, 0) is 33.2 Å². The van der Waals surface area contributed by atoms with Gasteiger partial charge in [0, 0.05) is 20.1 Å². The molecule has 0 radical (unpaired) electrons. The number of ether oxygens (including phenoxy) is 6. The zero-order valence-electron chi connectivity index (χ0n) is 13.1. The number of carbonyl (C=O) groups excluding carboxylic acids is 1. The van der Waals surface area contributed by atoms with Gasteiger partial charge in [0.15, 0.2) is 0 Å². The first-order chi connectivity index (χ1) is 10.3. The summed E-state index contributed by atoms with van der Waals surface area (Å²) in [5, 5.41) is 0. The molecule has 0 aliphatic heterocycles.